The first-order chi connectivity index (χ1) is 38.4. The number of nitrogens with zero attached hydrogens (tertiary/aromatic N) is 2. The minimum absolute atomic E-state index is 0.0868. The molecule has 18 heteroatoms. The third-order valence-electron chi connectivity index (χ3n) is 15.7. The molecule has 2 aliphatic rings. The summed E-state index contributed by atoms with van der Waals surface area (Å²) in [6, 6.07) is 1.14. The molecule has 2 fully saturated rings. The van der Waals surface area contributed by atoms with Gasteiger partial charge in [-0.25, -0.2) is 18.4 Å². The Hall–Kier alpha value is -2.98. The Morgan fingerprint density at radius 1 is 0.658 bits per heavy atom. The summed E-state index contributed by atoms with van der Waals surface area (Å²) < 4.78 is 85.2. The first-order valence-electron chi connectivity index (χ1n) is 31.8. The van der Waals surface area contributed by atoms with Crippen LogP contribution < -0.4 is 11.4 Å². The Morgan fingerprint density at radius 2 is 1.13 bits per heavy atom. The number of esters is 3. The normalized spacial score (nSPS) is 24.4. The van der Waals surface area contributed by atoms with Crippen LogP contribution in [0.15, 0.2) is 17.1 Å². The lowest BCUT2D eigenvalue weighted by Crippen LogP contribution is -2.44. The Balaban J connectivity index is 1.61. The van der Waals surface area contributed by atoms with Crippen LogP contribution in [0.4, 0.5) is 14.6 Å². The number of ether oxygens (including phenoxy) is 4. The van der Waals surface area contributed by atoms with Gasteiger partial charge in [0.05, 0.1) is 6.61 Å². The van der Waals surface area contributed by atoms with Crippen molar-refractivity contribution in [3.8, 4) is 0 Å². The van der Waals surface area contributed by atoms with E-state index < -0.39 is 76.0 Å². The molecule has 2 unspecified atom stereocenters. The van der Waals surface area contributed by atoms with Crippen molar-refractivity contribution in [2.45, 2.75) is 321 Å². The lowest BCUT2D eigenvalue weighted by atomic mass is 9.89. The summed E-state index contributed by atoms with van der Waals surface area (Å²) in [5.41, 5.74) is 4.49. The van der Waals surface area contributed by atoms with E-state index in [1.807, 2.05) is 0 Å². The molecule has 2 saturated heterocycles. The lowest BCUT2D eigenvalue weighted by molar-refractivity contribution is -0.176. The van der Waals surface area contributed by atoms with Gasteiger partial charge in [-0.1, -0.05) is 258 Å². The zero-order valence-electron chi connectivity index (χ0n) is 49.3. The van der Waals surface area contributed by atoms with Gasteiger partial charge in [-0.3, -0.25) is 23.5 Å². The number of halogens is 2. The highest BCUT2D eigenvalue weighted by molar-refractivity contribution is 7.48. The zero-order chi connectivity index (χ0) is 57.1. The predicted octanol–water partition coefficient (Wildman–Crippen LogP) is 17.3. The van der Waals surface area contributed by atoms with E-state index in [0.717, 1.165) is 95.2 Å². The van der Waals surface area contributed by atoms with Gasteiger partial charge >= 0.3 is 37.3 Å². The van der Waals surface area contributed by atoms with Crippen LogP contribution in [-0.2, 0) is 51.5 Å². The average molecular weight is 1140 g/mol. The van der Waals surface area contributed by atoms with Gasteiger partial charge in [0.1, 0.15) is 11.9 Å². The molecule has 0 radical (unpaired) electrons. The molecule has 0 aromatic carbocycles. The Kier molecular flexibility index (Phi) is 39.7. The van der Waals surface area contributed by atoms with Gasteiger partial charge in [-0.2, -0.15) is 13.8 Å². The molecule has 0 aliphatic carbocycles. The Bertz CT molecular complexity index is 1840. The second-order valence-electron chi connectivity index (χ2n) is 22.6. The maximum atomic E-state index is 16.4. The Labute approximate surface area is 475 Å². The van der Waals surface area contributed by atoms with Crippen LogP contribution in [0.2, 0.25) is 0 Å². The number of hydrogen-bond acceptors (Lipinski definition) is 14. The van der Waals surface area contributed by atoms with Crippen molar-refractivity contribution in [3.05, 3.63) is 22.7 Å². The maximum absolute atomic E-state index is 16.4. The summed E-state index contributed by atoms with van der Waals surface area (Å²) in [7, 11) is -4.88. The standard InChI is InChI=1S/C61H108F2N3O12P/c1-3-5-7-8-9-10-11-12-15-18-21-27-32-38-44-55(67)72-50-75-79(71)74-49-53-58(61(62,63)59(77-53)66-48-47-54(64)65-60(66)70)78-57(69)46-40-34-29-22-19-16-13-14-17-20-25-30-36-42-52(41-35-6-4-2)43-37-31-26-23-24-28-33-39-45-56(68)73-51-76-79/h47-48,52-53,58-59H,3-46,49-51H2,1-2H3,(H2,64,65,70)/t52?,53-,58-,59-,79?/m1/s1. The number of rotatable bonds is 23. The van der Waals surface area contributed by atoms with E-state index in [0.29, 0.717) is 30.3 Å². The van der Waals surface area contributed by atoms with Crippen molar-refractivity contribution >= 4 is 31.5 Å². The second-order valence-corrected chi connectivity index (χ2v) is 24.3. The molecule has 2 aliphatic heterocycles. The summed E-state index contributed by atoms with van der Waals surface area (Å²) in [5.74, 6) is -5.54. The zero-order valence-corrected chi connectivity index (χ0v) is 50.2. The first kappa shape index (κ1) is 70.3. The molecule has 2 N–H and O–H groups in total. The number of anilines is 1. The molecule has 0 saturated carbocycles. The molecule has 15 nitrogen and oxygen atoms in total. The van der Waals surface area contributed by atoms with Crippen molar-refractivity contribution in [2.75, 3.05) is 25.9 Å². The van der Waals surface area contributed by atoms with E-state index in [1.165, 1.54) is 161 Å². The number of aromatic nitrogens is 2. The molecular weight excluding hydrogens is 1040 g/mol. The fraction of sp³-hybridized carbons (Fsp3) is 0.885. The monoisotopic (exact) mass is 1140 g/mol. The molecule has 3 heterocycles. The summed E-state index contributed by atoms with van der Waals surface area (Å²) in [4.78, 5) is 55.1. The highest BCUT2D eigenvalue weighted by Crippen LogP contribution is 2.52. The maximum Gasteiger partial charge on any atom is 0.480 e. The largest absolute Gasteiger partial charge is 0.480 e. The van der Waals surface area contributed by atoms with Gasteiger partial charge in [0, 0.05) is 25.5 Å². The highest BCUT2D eigenvalue weighted by atomic mass is 31.2. The molecule has 1 aromatic rings. The predicted molar refractivity (Wildman–Crippen MR) is 307 cm³/mol. The van der Waals surface area contributed by atoms with Crippen LogP contribution in [0.1, 0.15) is 303 Å². The number of hydrogen-bond donors (Lipinski definition) is 1. The van der Waals surface area contributed by atoms with Gasteiger partial charge in [-0.15, -0.1) is 0 Å². The summed E-state index contributed by atoms with van der Waals surface area (Å²) in [6.45, 7) is 1.76. The number of nitrogens with two attached hydrogens (primary N) is 1. The summed E-state index contributed by atoms with van der Waals surface area (Å²) in [6.07, 6.45) is 41.5. The van der Waals surface area contributed by atoms with Crippen LogP contribution in [0.25, 0.3) is 0 Å². The quantitative estimate of drug-likeness (QED) is 0.0357. The first-order valence-corrected chi connectivity index (χ1v) is 33.3. The molecule has 1 aromatic heterocycles. The van der Waals surface area contributed by atoms with E-state index in [4.69, 9.17) is 38.3 Å². The van der Waals surface area contributed by atoms with E-state index in [1.54, 1.807) is 0 Å². The van der Waals surface area contributed by atoms with Gasteiger partial charge in [0.25, 0.3) is 0 Å². The van der Waals surface area contributed by atoms with E-state index in [9.17, 15) is 23.7 Å². The molecule has 458 valence electrons. The third kappa shape index (κ3) is 33.0. The van der Waals surface area contributed by atoms with Gasteiger partial charge in [-0.05, 0) is 31.2 Å². The van der Waals surface area contributed by atoms with Gasteiger partial charge < -0.3 is 24.7 Å². The van der Waals surface area contributed by atoms with Crippen molar-refractivity contribution in [3.63, 3.8) is 0 Å². The molecule has 0 amide bonds. The van der Waals surface area contributed by atoms with Crippen LogP contribution in [0.3, 0.4) is 0 Å². The van der Waals surface area contributed by atoms with Crippen molar-refractivity contribution < 1.29 is 60.2 Å². The van der Waals surface area contributed by atoms with Crippen molar-refractivity contribution in [1.82, 2.24) is 9.55 Å². The summed E-state index contributed by atoms with van der Waals surface area (Å²) in [5, 5.41) is 0. The number of carbonyl (C=O) groups is 3. The number of nitrogen functional groups attached to an aromatic ring is 1. The second kappa shape index (κ2) is 44.6. The van der Waals surface area contributed by atoms with Gasteiger partial charge in [0.2, 0.25) is 19.8 Å². The number of fused-ring (bicyclic) bond motifs is 1. The van der Waals surface area contributed by atoms with Crippen LogP contribution >= 0.6 is 7.82 Å². The third-order valence-corrected chi connectivity index (χ3v) is 17.0. The van der Waals surface area contributed by atoms with E-state index >= 15 is 8.78 Å². The topological polar surface area (TPSA) is 194 Å². The number of phosphoric ester groups is 1. The smallest absolute Gasteiger partial charge is 0.453 e. The highest BCUT2D eigenvalue weighted by Gasteiger charge is 2.63. The van der Waals surface area contributed by atoms with Crippen LogP contribution in [0, 0.1) is 5.92 Å². The summed E-state index contributed by atoms with van der Waals surface area (Å²) >= 11 is 0. The lowest BCUT2D eigenvalue weighted by Gasteiger charge is -2.25. The number of carbonyl (C=O) groups excluding carboxylic acids is 3. The number of unbranched alkanes of at least 4 members (excludes halogenated alkanes) is 15. The molecule has 0 bridgehead atoms. The van der Waals surface area contributed by atoms with Crippen molar-refractivity contribution in [2.24, 2.45) is 5.92 Å². The van der Waals surface area contributed by atoms with Crippen LogP contribution in [0.5, 0.6) is 0 Å². The fourth-order valence-corrected chi connectivity index (χ4v) is 11.7. The SMILES string of the molecule is CCCCCCCCCCCCCCCCC(=O)OCOP1(=O)OCOC(=O)CCCCCCCCCCC(CCCCC)CCCCCCCCCCCCCCCC(=O)O[C@@H]2[C@@H](CO1)O[C@@H](n1ccc(N)nc1=O)C2(F)F. The molecular formula is C61H108F2N3O12P. The van der Waals surface area contributed by atoms with E-state index in [2.05, 4.69) is 18.8 Å². The van der Waals surface area contributed by atoms with Crippen LogP contribution in [-0.4, -0.2) is 65.8 Å². The number of phosphoric acid groups is 1. The molecule has 5 atom stereocenters. The molecule has 79 heavy (non-hydrogen) atoms. The number of cyclic esters (lactones) is 1. The Morgan fingerprint density at radius 3 is 1.65 bits per heavy atom. The average Bonchev–Trinajstić information content (AvgIpc) is 3.98. The fourth-order valence-electron chi connectivity index (χ4n) is 10.8. The minimum atomic E-state index is -4.88. The minimum Gasteiger partial charge on any atom is -0.453 e. The molecule has 0 spiro atoms. The number of alkyl halides is 2. The van der Waals surface area contributed by atoms with Crippen molar-refractivity contribution in [1.29, 1.82) is 0 Å². The molecule has 3 rings (SSSR count). The van der Waals surface area contributed by atoms with Gasteiger partial charge in [0.15, 0.2) is 6.10 Å². The van der Waals surface area contributed by atoms with E-state index in [-0.39, 0.29) is 25.1 Å².